The first-order valence-corrected chi connectivity index (χ1v) is 12.2. The maximum absolute atomic E-state index is 12.3. The van der Waals surface area contributed by atoms with Crippen molar-refractivity contribution in [1.29, 1.82) is 0 Å². The maximum Gasteiger partial charge on any atom is 0.155 e. The molecule has 156 valence electrons. The zero-order valence-electron chi connectivity index (χ0n) is 18.7. The predicted octanol–water partition coefficient (Wildman–Crippen LogP) is 7.25. The molecular formula is C28H38O. The SMILES string of the molecule is CC(C)c1ccc(C[C@]23CCC(=O)C=C2CC[C@@H]2[C@H]3CC[C@]3(C)CCC[C@@H]23)cc1. The number of ketones is 1. The zero-order chi connectivity index (χ0) is 20.2. The summed E-state index contributed by atoms with van der Waals surface area (Å²) >= 11 is 0. The smallest absolute Gasteiger partial charge is 0.155 e. The number of allylic oxidation sites excluding steroid dienone is 1. The molecule has 1 aromatic rings. The maximum atomic E-state index is 12.3. The molecule has 1 heteroatoms. The Hall–Kier alpha value is -1.37. The molecule has 0 heterocycles. The van der Waals surface area contributed by atoms with Crippen LogP contribution in [0.5, 0.6) is 0 Å². The van der Waals surface area contributed by atoms with Crippen LogP contribution in [0.3, 0.4) is 0 Å². The van der Waals surface area contributed by atoms with Gasteiger partial charge in [0.15, 0.2) is 5.78 Å². The standard InChI is InChI=1S/C28H38O/c1-19(2)21-8-6-20(7-9-21)18-28-16-12-23(29)17-22(28)10-11-24-25-5-4-14-27(25,3)15-13-26(24)28/h6-9,17,19,24-26H,4-5,10-16,18H2,1-3H3/t24-,25-,26+,27-,28+/m0/s1. The summed E-state index contributed by atoms with van der Waals surface area (Å²) < 4.78 is 0. The summed E-state index contributed by atoms with van der Waals surface area (Å²) in [6.45, 7) is 7.13. The monoisotopic (exact) mass is 390 g/mol. The molecule has 0 N–H and O–H groups in total. The fraction of sp³-hybridized carbons (Fsp3) is 0.679. The molecule has 4 aliphatic carbocycles. The third-order valence-electron chi connectivity index (χ3n) is 9.63. The van der Waals surface area contributed by atoms with E-state index >= 15 is 0 Å². The van der Waals surface area contributed by atoms with Gasteiger partial charge in [0.1, 0.15) is 0 Å². The van der Waals surface area contributed by atoms with Crippen molar-refractivity contribution < 1.29 is 4.79 Å². The van der Waals surface area contributed by atoms with E-state index in [2.05, 4.69) is 51.1 Å². The molecule has 5 atom stereocenters. The Balaban J connectivity index is 1.51. The van der Waals surface area contributed by atoms with Crippen LogP contribution in [0.2, 0.25) is 0 Å². The number of carbonyl (C=O) groups excluding carboxylic acids is 1. The van der Waals surface area contributed by atoms with E-state index in [4.69, 9.17) is 0 Å². The van der Waals surface area contributed by atoms with Gasteiger partial charge in [0.2, 0.25) is 0 Å². The molecule has 0 unspecified atom stereocenters. The van der Waals surface area contributed by atoms with Gasteiger partial charge in [-0.2, -0.15) is 0 Å². The number of carbonyl (C=O) groups is 1. The minimum Gasteiger partial charge on any atom is -0.295 e. The van der Waals surface area contributed by atoms with Crippen molar-refractivity contribution in [2.45, 2.75) is 90.9 Å². The van der Waals surface area contributed by atoms with Gasteiger partial charge in [0.25, 0.3) is 0 Å². The second-order valence-corrected chi connectivity index (χ2v) is 11.4. The molecule has 0 radical (unpaired) electrons. The molecule has 29 heavy (non-hydrogen) atoms. The van der Waals surface area contributed by atoms with Crippen LogP contribution in [-0.2, 0) is 11.2 Å². The van der Waals surface area contributed by atoms with Crippen molar-refractivity contribution in [2.75, 3.05) is 0 Å². The summed E-state index contributed by atoms with van der Waals surface area (Å²) in [5.74, 6) is 3.57. The molecule has 3 fully saturated rings. The highest BCUT2D eigenvalue weighted by Gasteiger charge is 2.57. The van der Waals surface area contributed by atoms with E-state index in [1.165, 1.54) is 61.6 Å². The first kappa shape index (κ1) is 19.6. The van der Waals surface area contributed by atoms with Crippen molar-refractivity contribution in [3.63, 3.8) is 0 Å². The highest BCUT2D eigenvalue weighted by atomic mass is 16.1. The first-order chi connectivity index (χ1) is 13.9. The van der Waals surface area contributed by atoms with E-state index < -0.39 is 0 Å². The third kappa shape index (κ3) is 3.15. The summed E-state index contributed by atoms with van der Waals surface area (Å²) in [6.07, 6.45) is 14.7. The summed E-state index contributed by atoms with van der Waals surface area (Å²) in [6, 6.07) is 9.43. The third-order valence-corrected chi connectivity index (χ3v) is 9.63. The van der Waals surface area contributed by atoms with E-state index in [0.717, 1.165) is 37.0 Å². The van der Waals surface area contributed by atoms with Crippen molar-refractivity contribution >= 4 is 5.78 Å². The summed E-state index contributed by atoms with van der Waals surface area (Å²) in [5, 5.41) is 0. The van der Waals surface area contributed by atoms with E-state index in [9.17, 15) is 4.79 Å². The van der Waals surface area contributed by atoms with E-state index in [0.29, 0.717) is 17.1 Å². The lowest BCUT2D eigenvalue weighted by atomic mass is 9.46. The Kier molecular flexibility index (Phi) is 4.80. The number of fused-ring (bicyclic) bond motifs is 5. The minimum absolute atomic E-state index is 0.250. The molecule has 0 spiro atoms. The van der Waals surface area contributed by atoms with Crippen molar-refractivity contribution in [1.82, 2.24) is 0 Å². The van der Waals surface area contributed by atoms with Gasteiger partial charge in [0, 0.05) is 6.42 Å². The molecule has 0 bridgehead atoms. The Labute approximate surface area is 177 Å². The average Bonchev–Trinajstić information content (AvgIpc) is 3.10. The normalized spacial score (nSPS) is 39.0. The lowest BCUT2D eigenvalue weighted by Gasteiger charge is -2.58. The van der Waals surface area contributed by atoms with Crippen LogP contribution < -0.4 is 0 Å². The van der Waals surface area contributed by atoms with Crippen LogP contribution in [0.4, 0.5) is 0 Å². The number of rotatable bonds is 3. The van der Waals surface area contributed by atoms with E-state index in [-0.39, 0.29) is 5.41 Å². The fourth-order valence-electron chi connectivity index (χ4n) is 8.07. The van der Waals surface area contributed by atoms with E-state index in [1.807, 2.05) is 0 Å². The van der Waals surface area contributed by atoms with Gasteiger partial charge in [-0.05, 0) is 103 Å². The Morgan fingerprint density at radius 2 is 1.76 bits per heavy atom. The van der Waals surface area contributed by atoms with Crippen LogP contribution in [-0.4, -0.2) is 5.78 Å². The van der Waals surface area contributed by atoms with Crippen molar-refractivity contribution in [2.24, 2.45) is 28.6 Å². The summed E-state index contributed by atoms with van der Waals surface area (Å²) in [4.78, 5) is 12.3. The lowest BCUT2D eigenvalue weighted by Crippen LogP contribution is -2.51. The Morgan fingerprint density at radius 1 is 0.966 bits per heavy atom. The van der Waals surface area contributed by atoms with E-state index in [1.54, 1.807) is 0 Å². The van der Waals surface area contributed by atoms with Crippen LogP contribution >= 0.6 is 0 Å². The number of hydrogen-bond acceptors (Lipinski definition) is 1. The first-order valence-electron chi connectivity index (χ1n) is 12.2. The highest BCUT2D eigenvalue weighted by molar-refractivity contribution is 5.91. The highest BCUT2D eigenvalue weighted by Crippen LogP contribution is 2.66. The van der Waals surface area contributed by atoms with Crippen LogP contribution in [0.1, 0.15) is 95.6 Å². The Morgan fingerprint density at radius 3 is 2.52 bits per heavy atom. The van der Waals surface area contributed by atoms with Crippen LogP contribution in [0, 0.1) is 28.6 Å². The lowest BCUT2D eigenvalue weighted by molar-refractivity contribution is -0.117. The van der Waals surface area contributed by atoms with Crippen molar-refractivity contribution in [3.05, 3.63) is 47.0 Å². The molecular weight excluding hydrogens is 352 g/mol. The van der Waals surface area contributed by atoms with Gasteiger partial charge >= 0.3 is 0 Å². The topological polar surface area (TPSA) is 17.1 Å². The fourth-order valence-corrected chi connectivity index (χ4v) is 8.07. The van der Waals surface area contributed by atoms with Crippen molar-refractivity contribution in [3.8, 4) is 0 Å². The van der Waals surface area contributed by atoms with Gasteiger partial charge in [-0.15, -0.1) is 0 Å². The summed E-state index contributed by atoms with van der Waals surface area (Å²) in [5.41, 5.74) is 5.29. The van der Waals surface area contributed by atoms with Crippen LogP contribution in [0.25, 0.3) is 0 Å². The second kappa shape index (κ2) is 7.10. The molecule has 1 nitrogen and oxygen atoms in total. The van der Waals surface area contributed by atoms with Gasteiger partial charge < -0.3 is 0 Å². The van der Waals surface area contributed by atoms with Crippen LogP contribution in [0.15, 0.2) is 35.9 Å². The summed E-state index contributed by atoms with van der Waals surface area (Å²) in [7, 11) is 0. The van der Waals surface area contributed by atoms with Gasteiger partial charge in [-0.25, -0.2) is 0 Å². The van der Waals surface area contributed by atoms with Gasteiger partial charge in [-0.3, -0.25) is 4.79 Å². The molecule has 0 amide bonds. The molecule has 0 aliphatic heterocycles. The molecule has 1 aromatic carbocycles. The quantitative estimate of drug-likeness (QED) is 0.531. The van der Waals surface area contributed by atoms with Gasteiger partial charge in [-0.1, -0.05) is 57.0 Å². The molecule has 3 saturated carbocycles. The number of hydrogen-bond donors (Lipinski definition) is 0. The largest absolute Gasteiger partial charge is 0.295 e. The van der Waals surface area contributed by atoms with Gasteiger partial charge in [0.05, 0.1) is 0 Å². The zero-order valence-corrected chi connectivity index (χ0v) is 18.7. The molecule has 5 rings (SSSR count). The number of benzene rings is 1. The molecule has 0 saturated heterocycles. The minimum atomic E-state index is 0.250. The Bertz CT molecular complexity index is 815. The second-order valence-electron chi connectivity index (χ2n) is 11.4. The predicted molar refractivity (Wildman–Crippen MR) is 120 cm³/mol. The average molecular weight is 391 g/mol. The molecule has 4 aliphatic rings. The molecule has 0 aromatic heterocycles.